The lowest BCUT2D eigenvalue weighted by molar-refractivity contribution is 0.0581. The van der Waals surface area contributed by atoms with Gasteiger partial charge in [0, 0.05) is 30.4 Å². The third-order valence-electron chi connectivity index (χ3n) is 6.25. The van der Waals surface area contributed by atoms with Crippen LogP contribution in [-0.4, -0.2) is 32.7 Å². The highest BCUT2D eigenvalue weighted by atomic mass is 16.5. The first-order chi connectivity index (χ1) is 13.7. The fourth-order valence-electron chi connectivity index (χ4n) is 4.61. The Balaban J connectivity index is 1.65. The van der Waals surface area contributed by atoms with Gasteiger partial charge >= 0.3 is 0 Å². The Morgan fingerprint density at radius 1 is 0.897 bits per heavy atom. The summed E-state index contributed by atoms with van der Waals surface area (Å²) in [5, 5.41) is 30.0. The van der Waals surface area contributed by atoms with E-state index in [1.807, 2.05) is 37.4 Å². The van der Waals surface area contributed by atoms with Crippen LogP contribution < -0.4 is 9.64 Å². The number of phenolic OH excluding ortho intramolecular Hbond substituents is 1. The average Bonchev–Trinajstić information content (AvgIpc) is 3.10. The molecule has 1 aromatic heterocycles. The van der Waals surface area contributed by atoms with Crippen LogP contribution in [0.4, 0.5) is 5.69 Å². The minimum atomic E-state index is -0.751. The minimum Gasteiger partial charge on any atom is -0.508 e. The van der Waals surface area contributed by atoms with E-state index in [1.54, 1.807) is 18.2 Å². The maximum atomic E-state index is 10.1. The lowest BCUT2D eigenvalue weighted by atomic mass is 9.76. The van der Waals surface area contributed by atoms with Gasteiger partial charge in [-0.05, 0) is 68.0 Å². The van der Waals surface area contributed by atoms with Crippen LogP contribution in [0.3, 0.4) is 0 Å². The highest BCUT2D eigenvalue weighted by Crippen LogP contribution is 2.55. The average molecular weight is 390 g/mol. The Bertz CT molecular complexity index is 1160. The summed E-state index contributed by atoms with van der Waals surface area (Å²) in [5.41, 5.74) is 2.36. The van der Waals surface area contributed by atoms with Crippen LogP contribution in [0.25, 0.3) is 11.8 Å². The van der Waals surface area contributed by atoms with Gasteiger partial charge in [0.2, 0.25) is 5.72 Å². The topological polar surface area (TPSA) is 78.1 Å². The quantitative estimate of drug-likeness (QED) is 0.583. The molecule has 0 saturated carbocycles. The van der Waals surface area contributed by atoms with Gasteiger partial charge in [-0.15, -0.1) is 0 Å². The number of aromatic hydroxyl groups is 3. The first kappa shape index (κ1) is 17.6. The molecule has 6 nitrogen and oxygen atoms in total. The molecule has 29 heavy (non-hydrogen) atoms. The molecule has 5 rings (SSSR count). The number of nitrogens with zero attached hydrogens (tertiary/aromatic N) is 2. The lowest BCUT2D eigenvalue weighted by Crippen LogP contribution is -2.58. The van der Waals surface area contributed by atoms with Gasteiger partial charge in [-0.25, -0.2) is 0 Å². The van der Waals surface area contributed by atoms with Gasteiger partial charge in [0.05, 0.1) is 11.1 Å². The Morgan fingerprint density at radius 2 is 1.62 bits per heavy atom. The van der Waals surface area contributed by atoms with Crippen LogP contribution in [0, 0.1) is 0 Å². The summed E-state index contributed by atoms with van der Waals surface area (Å²) in [6.45, 7) is 4.23. The standard InChI is InChI=1S/C23H22N2O4/c1-22(2)17-13-15(25-20(27)8-9-21(25)28)4-6-18(17)24(3)23(22)11-10-14-12-16(26)5-7-19(14)29-23/h4-13,26-28H,1-3H3. The van der Waals surface area contributed by atoms with E-state index in [9.17, 15) is 15.3 Å². The number of benzene rings is 2. The third kappa shape index (κ3) is 2.17. The van der Waals surface area contributed by atoms with Crippen LogP contribution in [0.1, 0.15) is 25.0 Å². The van der Waals surface area contributed by atoms with Crippen molar-refractivity contribution in [2.24, 2.45) is 0 Å². The van der Waals surface area contributed by atoms with Crippen LogP contribution >= 0.6 is 0 Å². The summed E-state index contributed by atoms with van der Waals surface area (Å²) in [4.78, 5) is 2.10. The fraction of sp³-hybridized carbons (Fsp3) is 0.217. The van der Waals surface area contributed by atoms with E-state index in [2.05, 4.69) is 18.7 Å². The Kier molecular flexibility index (Phi) is 3.33. The van der Waals surface area contributed by atoms with Crippen molar-refractivity contribution in [3.8, 4) is 28.9 Å². The van der Waals surface area contributed by atoms with Crippen LogP contribution in [0.2, 0.25) is 0 Å². The van der Waals surface area contributed by atoms with Crippen LogP contribution in [0.15, 0.2) is 54.6 Å². The number of rotatable bonds is 1. The molecule has 2 aliphatic rings. The van der Waals surface area contributed by atoms with Crippen molar-refractivity contribution < 1.29 is 20.1 Å². The van der Waals surface area contributed by atoms with Crippen molar-refractivity contribution >= 4 is 11.8 Å². The number of anilines is 1. The molecule has 1 atom stereocenters. The van der Waals surface area contributed by atoms with Gasteiger partial charge in [-0.2, -0.15) is 0 Å². The number of phenols is 1. The second kappa shape index (κ2) is 5.50. The number of aromatic nitrogens is 1. The van der Waals surface area contributed by atoms with E-state index < -0.39 is 11.1 Å². The molecule has 6 heteroatoms. The number of hydrogen-bond acceptors (Lipinski definition) is 5. The van der Waals surface area contributed by atoms with Gasteiger partial charge in [0.1, 0.15) is 11.5 Å². The first-order valence-corrected chi connectivity index (χ1v) is 9.44. The van der Waals surface area contributed by atoms with Gasteiger partial charge in [-0.3, -0.25) is 4.57 Å². The van der Waals surface area contributed by atoms with Gasteiger partial charge in [0.25, 0.3) is 0 Å². The summed E-state index contributed by atoms with van der Waals surface area (Å²) < 4.78 is 7.95. The van der Waals surface area contributed by atoms with E-state index in [-0.39, 0.29) is 17.5 Å². The zero-order valence-electron chi connectivity index (χ0n) is 16.4. The molecule has 1 unspecified atom stereocenters. The molecule has 0 bridgehead atoms. The van der Waals surface area contributed by atoms with Gasteiger partial charge in [0.15, 0.2) is 11.8 Å². The maximum absolute atomic E-state index is 10.1. The molecule has 2 aliphatic heterocycles. The molecule has 0 amide bonds. The second-order valence-electron chi connectivity index (χ2n) is 8.12. The number of ether oxygens (including phenoxy) is 1. The predicted octanol–water partition coefficient (Wildman–Crippen LogP) is 4.12. The first-order valence-electron chi connectivity index (χ1n) is 9.44. The highest BCUT2D eigenvalue weighted by molar-refractivity contribution is 5.74. The van der Waals surface area contributed by atoms with E-state index in [0.717, 1.165) is 16.8 Å². The molecule has 0 radical (unpaired) electrons. The summed E-state index contributed by atoms with van der Waals surface area (Å²) >= 11 is 0. The summed E-state index contributed by atoms with van der Waals surface area (Å²) in [6, 6.07) is 13.8. The third-order valence-corrected chi connectivity index (χ3v) is 6.25. The van der Waals surface area contributed by atoms with Crippen LogP contribution in [0.5, 0.6) is 23.3 Å². The van der Waals surface area contributed by atoms with E-state index >= 15 is 0 Å². The van der Waals surface area contributed by atoms with Crippen molar-refractivity contribution in [1.29, 1.82) is 0 Å². The molecule has 2 aromatic carbocycles. The molecule has 148 valence electrons. The van der Waals surface area contributed by atoms with Crippen molar-refractivity contribution in [2.75, 3.05) is 11.9 Å². The van der Waals surface area contributed by atoms with Crippen molar-refractivity contribution in [2.45, 2.75) is 25.0 Å². The van der Waals surface area contributed by atoms with Crippen molar-refractivity contribution in [1.82, 2.24) is 4.57 Å². The molecule has 3 heterocycles. The Morgan fingerprint density at radius 3 is 2.34 bits per heavy atom. The zero-order chi connectivity index (χ0) is 20.6. The second-order valence-corrected chi connectivity index (χ2v) is 8.12. The SMILES string of the molecule is CN1c2ccc(-n3c(O)ccc3O)cc2C(C)(C)C12C=Cc1cc(O)ccc1O2. The molecule has 0 aliphatic carbocycles. The molecule has 3 N–H and O–H groups in total. The predicted molar refractivity (Wildman–Crippen MR) is 111 cm³/mol. The number of likely N-dealkylation sites (N-methyl/N-ethyl adjacent to an activating group) is 1. The molecule has 0 saturated heterocycles. The van der Waals surface area contributed by atoms with E-state index in [4.69, 9.17) is 4.74 Å². The van der Waals surface area contributed by atoms with E-state index in [1.165, 1.54) is 16.7 Å². The lowest BCUT2D eigenvalue weighted by Gasteiger charge is -2.45. The summed E-state index contributed by atoms with van der Waals surface area (Å²) in [7, 11) is 1.99. The van der Waals surface area contributed by atoms with Gasteiger partial charge in [-0.1, -0.05) is 0 Å². The minimum absolute atomic E-state index is 0.0242. The normalized spacial score (nSPS) is 21.1. The number of hydrogen-bond donors (Lipinski definition) is 3. The molecular weight excluding hydrogens is 368 g/mol. The van der Waals surface area contributed by atoms with Crippen LogP contribution in [-0.2, 0) is 5.41 Å². The maximum Gasteiger partial charge on any atom is 0.211 e. The number of fused-ring (bicyclic) bond motifs is 2. The zero-order valence-corrected chi connectivity index (χ0v) is 16.4. The fourth-order valence-corrected chi connectivity index (χ4v) is 4.61. The molecular formula is C23H22N2O4. The van der Waals surface area contributed by atoms with Crippen molar-refractivity contribution in [3.05, 3.63) is 65.7 Å². The summed E-state index contributed by atoms with van der Waals surface area (Å²) in [5.74, 6) is 0.859. The highest BCUT2D eigenvalue weighted by Gasteiger charge is 2.57. The summed E-state index contributed by atoms with van der Waals surface area (Å²) in [6.07, 6.45) is 4.01. The Hall–Kier alpha value is -3.54. The monoisotopic (exact) mass is 390 g/mol. The van der Waals surface area contributed by atoms with E-state index in [0.29, 0.717) is 11.4 Å². The molecule has 3 aromatic rings. The largest absolute Gasteiger partial charge is 0.508 e. The Labute approximate surface area is 168 Å². The van der Waals surface area contributed by atoms with Crippen molar-refractivity contribution in [3.63, 3.8) is 0 Å². The smallest absolute Gasteiger partial charge is 0.211 e. The molecule has 1 spiro atoms. The van der Waals surface area contributed by atoms with Gasteiger partial charge < -0.3 is 25.0 Å². The molecule has 0 fully saturated rings.